The molecule has 3 heterocycles. The predicted molar refractivity (Wildman–Crippen MR) is 107 cm³/mol. The highest BCUT2D eigenvalue weighted by Crippen LogP contribution is 2.28. The summed E-state index contributed by atoms with van der Waals surface area (Å²) in [7, 11) is 1.40. The van der Waals surface area contributed by atoms with Crippen molar-refractivity contribution in [1.29, 1.82) is 0 Å². The molecule has 4 rings (SSSR count). The summed E-state index contributed by atoms with van der Waals surface area (Å²) >= 11 is 1.16. The average Bonchev–Trinajstić information content (AvgIpc) is 3.34. The summed E-state index contributed by atoms with van der Waals surface area (Å²) in [6, 6.07) is 7.87. The number of nitrogens with one attached hydrogen (secondary N) is 1. The van der Waals surface area contributed by atoms with Gasteiger partial charge in [0.2, 0.25) is 11.8 Å². The van der Waals surface area contributed by atoms with Crippen LogP contribution < -0.4 is 16.1 Å². The summed E-state index contributed by atoms with van der Waals surface area (Å²) in [4.78, 5) is 40.9. The molecule has 0 spiro atoms. The van der Waals surface area contributed by atoms with E-state index >= 15 is 0 Å². The van der Waals surface area contributed by atoms with Gasteiger partial charge in [0.15, 0.2) is 0 Å². The Balaban J connectivity index is 1.42. The van der Waals surface area contributed by atoms with Gasteiger partial charge in [0.1, 0.15) is 0 Å². The van der Waals surface area contributed by atoms with Crippen molar-refractivity contribution in [3.8, 4) is 0 Å². The quantitative estimate of drug-likeness (QED) is 0.622. The number of anilines is 1. The van der Waals surface area contributed by atoms with Crippen LogP contribution in [0.15, 0.2) is 43.5 Å². The maximum absolute atomic E-state index is 12.6. The van der Waals surface area contributed by atoms with E-state index in [1.165, 1.54) is 12.6 Å². The van der Waals surface area contributed by atoms with Crippen molar-refractivity contribution >= 4 is 23.4 Å². The Morgan fingerprint density at radius 2 is 2.07 bits per heavy atom. The molecule has 0 atom stereocenters. The van der Waals surface area contributed by atoms with E-state index in [0.717, 1.165) is 28.4 Å². The zero-order chi connectivity index (χ0) is 20.5. The van der Waals surface area contributed by atoms with E-state index in [4.69, 9.17) is 4.42 Å². The molecule has 0 fully saturated rings. The largest absolute Gasteiger partial charge is 0.416 e. The van der Waals surface area contributed by atoms with Crippen molar-refractivity contribution < 1.29 is 9.21 Å². The van der Waals surface area contributed by atoms with Crippen molar-refractivity contribution in [1.82, 2.24) is 19.7 Å². The third-order valence-corrected chi connectivity index (χ3v) is 5.70. The fourth-order valence-electron chi connectivity index (χ4n) is 3.30. The molecule has 1 aliphatic rings. The fraction of sp³-hybridized carbons (Fsp3) is 0.316. The van der Waals surface area contributed by atoms with Gasteiger partial charge in [-0.25, -0.2) is 4.79 Å². The van der Waals surface area contributed by atoms with Crippen molar-refractivity contribution in [3.63, 3.8) is 0 Å². The number of para-hydroxylation sites is 1. The van der Waals surface area contributed by atoms with Crippen molar-refractivity contribution in [2.75, 3.05) is 17.2 Å². The SMILES string of the molecule is Cc1[nH]c(=O)n(C)c(=O)c1Cc1nnc(SCC(=O)N2CCc3ccccc32)o1. The Bertz CT molecular complexity index is 1200. The van der Waals surface area contributed by atoms with Gasteiger partial charge < -0.3 is 14.3 Å². The van der Waals surface area contributed by atoms with E-state index in [9.17, 15) is 14.4 Å². The van der Waals surface area contributed by atoms with Gasteiger partial charge in [-0.3, -0.25) is 14.2 Å². The topological polar surface area (TPSA) is 114 Å². The number of H-pyrrole nitrogens is 1. The number of carbonyl (C=O) groups is 1. The number of benzene rings is 1. The van der Waals surface area contributed by atoms with E-state index in [2.05, 4.69) is 15.2 Å². The normalized spacial score (nSPS) is 13.0. The van der Waals surface area contributed by atoms with E-state index in [1.54, 1.807) is 11.8 Å². The number of carbonyl (C=O) groups excluding carboxylic acids is 1. The highest BCUT2D eigenvalue weighted by Gasteiger charge is 2.24. The summed E-state index contributed by atoms with van der Waals surface area (Å²) in [5.41, 5.74) is 2.10. The summed E-state index contributed by atoms with van der Waals surface area (Å²) in [5.74, 6) is 0.402. The summed E-state index contributed by atoms with van der Waals surface area (Å²) in [5, 5.41) is 8.17. The molecular weight excluding hydrogens is 394 g/mol. The second kappa shape index (κ2) is 7.70. The van der Waals surface area contributed by atoms with Gasteiger partial charge in [0, 0.05) is 30.5 Å². The maximum Gasteiger partial charge on any atom is 0.328 e. The van der Waals surface area contributed by atoms with Crippen LogP contribution in [0.5, 0.6) is 0 Å². The van der Waals surface area contributed by atoms with Gasteiger partial charge in [0.25, 0.3) is 10.8 Å². The van der Waals surface area contributed by atoms with E-state index < -0.39 is 11.2 Å². The molecule has 10 heteroatoms. The molecule has 1 N–H and O–H groups in total. The Kier molecular flexibility index (Phi) is 5.10. The molecule has 0 unspecified atom stereocenters. The maximum atomic E-state index is 12.6. The number of nitrogens with zero attached hydrogens (tertiary/aromatic N) is 4. The van der Waals surface area contributed by atoms with Gasteiger partial charge >= 0.3 is 5.69 Å². The van der Waals surface area contributed by atoms with E-state index in [1.807, 2.05) is 24.3 Å². The number of aromatic amines is 1. The Morgan fingerprint density at radius 1 is 1.28 bits per heavy atom. The van der Waals surface area contributed by atoms with Crippen LogP contribution in [-0.4, -0.2) is 38.0 Å². The standard InChI is InChI=1S/C19H19N5O4S/c1-11-13(17(26)23(2)18(27)20-11)9-15-21-22-19(28-15)29-10-16(25)24-8-7-12-5-3-4-6-14(12)24/h3-6H,7-10H2,1-2H3,(H,20,27). The van der Waals surface area contributed by atoms with E-state index in [-0.39, 0.29) is 29.2 Å². The lowest BCUT2D eigenvalue weighted by atomic mass is 10.2. The molecule has 0 saturated carbocycles. The zero-order valence-electron chi connectivity index (χ0n) is 16.0. The molecule has 3 aromatic rings. The first kappa shape index (κ1) is 19.2. The first-order chi connectivity index (χ1) is 13.9. The number of thioether (sulfide) groups is 1. The first-order valence-corrected chi connectivity index (χ1v) is 10.0. The minimum Gasteiger partial charge on any atom is -0.416 e. The molecular formula is C19H19N5O4S. The number of amides is 1. The monoisotopic (exact) mass is 413 g/mol. The first-order valence-electron chi connectivity index (χ1n) is 9.06. The average molecular weight is 413 g/mol. The molecule has 150 valence electrons. The molecule has 1 aromatic carbocycles. The highest BCUT2D eigenvalue weighted by atomic mass is 32.2. The van der Waals surface area contributed by atoms with Gasteiger partial charge in [-0.2, -0.15) is 0 Å². The minimum absolute atomic E-state index is 0.0231. The van der Waals surface area contributed by atoms with Crippen LogP contribution >= 0.6 is 11.8 Å². The number of fused-ring (bicyclic) bond motifs is 1. The highest BCUT2D eigenvalue weighted by molar-refractivity contribution is 7.99. The molecule has 2 aromatic heterocycles. The van der Waals surface area contributed by atoms with Crippen molar-refractivity contribution in [3.05, 3.63) is 67.8 Å². The Labute approximate surface area is 169 Å². The summed E-state index contributed by atoms with van der Waals surface area (Å²) < 4.78 is 6.58. The van der Waals surface area contributed by atoms with Crippen molar-refractivity contribution in [2.24, 2.45) is 7.05 Å². The van der Waals surface area contributed by atoms with Gasteiger partial charge in [-0.1, -0.05) is 30.0 Å². The lowest BCUT2D eigenvalue weighted by molar-refractivity contribution is -0.116. The molecule has 0 radical (unpaired) electrons. The molecule has 0 bridgehead atoms. The Morgan fingerprint density at radius 3 is 2.90 bits per heavy atom. The number of hydrogen-bond donors (Lipinski definition) is 1. The molecule has 1 aliphatic heterocycles. The van der Waals surface area contributed by atoms with Crippen LogP contribution in [-0.2, 0) is 24.7 Å². The van der Waals surface area contributed by atoms with E-state index in [0.29, 0.717) is 17.8 Å². The second-order valence-electron chi connectivity index (χ2n) is 6.75. The van der Waals surface area contributed by atoms with Crippen LogP contribution in [0.3, 0.4) is 0 Å². The Hall–Kier alpha value is -3.14. The number of hydrogen-bond acceptors (Lipinski definition) is 7. The van der Waals surface area contributed by atoms with Crippen molar-refractivity contribution in [2.45, 2.75) is 25.0 Å². The minimum atomic E-state index is -0.472. The molecule has 29 heavy (non-hydrogen) atoms. The number of rotatable bonds is 5. The smallest absolute Gasteiger partial charge is 0.328 e. The van der Waals surface area contributed by atoms with Gasteiger partial charge in [0.05, 0.1) is 12.2 Å². The second-order valence-corrected chi connectivity index (χ2v) is 7.68. The van der Waals surface area contributed by atoms with Gasteiger partial charge in [-0.05, 0) is 25.0 Å². The van der Waals surface area contributed by atoms with Crippen LogP contribution in [0.4, 0.5) is 5.69 Å². The molecule has 9 nitrogen and oxygen atoms in total. The molecule has 1 amide bonds. The fourth-order valence-corrected chi connectivity index (χ4v) is 3.96. The van der Waals surface area contributed by atoms with Gasteiger partial charge in [-0.15, -0.1) is 10.2 Å². The van der Waals surface area contributed by atoms with Crippen LogP contribution in [0, 0.1) is 6.92 Å². The summed E-state index contributed by atoms with van der Waals surface area (Å²) in [6.07, 6.45) is 0.959. The third kappa shape index (κ3) is 3.75. The number of aromatic nitrogens is 4. The lowest BCUT2D eigenvalue weighted by Crippen LogP contribution is -2.36. The predicted octanol–water partition coefficient (Wildman–Crippen LogP) is 1.04. The third-order valence-electron chi connectivity index (χ3n) is 4.90. The van der Waals surface area contributed by atoms with Crippen LogP contribution in [0.1, 0.15) is 22.7 Å². The number of aryl methyl sites for hydroxylation is 1. The van der Waals surface area contributed by atoms with Crippen LogP contribution in [0.25, 0.3) is 0 Å². The molecule has 0 aliphatic carbocycles. The summed E-state index contributed by atoms with van der Waals surface area (Å²) in [6.45, 7) is 2.32. The molecule has 0 saturated heterocycles. The lowest BCUT2D eigenvalue weighted by Gasteiger charge is -2.16. The van der Waals surface area contributed by atoms with Crippen LogP contribution in [0.2, 0.25) is 0 Å². The zero-order valence-corrected chi connectivity index (χ0v) is 16.8.